The highest BCUT2D eigenvalue weighted by molar-refractivity contribution is 5.81. The van der Waals surface area contributed by atoms with E-state index >= 15 is 0 Å². The van der Waals surface area contributed by atoms with E-state index in [1.54, 1.807) is 0 Å². The molecule has 0 spiro atoms. The maximum Gasteiger partial charge on any atom is 0.0923 e. The van der Waals surface area contributed by atoms with Gasteiger partial charge in [-0.05, 0) is 12.5 Å². The van der Waals surface area contributed by atoms with Crippen LogP contribution in [0.1, 0.15) is 32.9 Å². The predicted octanol–water partition coefficient (Wildman–Crippen LogP) is 3.54. The molecule has 0 aliphatic carbocycles. The summed E-state index contributed by atoms with van der Waals surface area (Å²) in [6, 6.07) is 8.21. The third kappa shape index (κ3) is 2.13. The van der Waals surface area contributed by atoms with Gasteiger partial charge in [0.25, 0.3) is 0 Å². The quantitative estimate of drug-likeness (QED) is 0.771. The maximum atomic E-state index is 4.21. The number of rotatable bonds is 2. The summed E-state index contributed by atoms with van der Waals surface area (Å²) in [5.41, 5.74) is 2.33. The molecule has 2 heteroatoms. The highest BCUT2D eigenvalue weighted by Crippen LogP contribution is 2.15. The van der Waals surface area contributed by atoms with E-state index in [0.717, 1.165) is 18.4 Å². The van der Waals surface area contributed by atoms with Crippen molar-refractivity contribution >= 4 is 10.9 Å². The van der Waals surface area contributed by atoms with Gasteiger partial charge in [0.1, 0.15) is 0 Å². The zero-order valence-corrected chi connectivity index (χ0v) is 9.17. The minimum absolute atomic E-state index is 1.07. The van der Waals surface area contributed by atoms with Gasteiger partial charge in [0.2, 0.25) is 0 Å². The lowest BCUT2D eigenvalue weighted by molar-refractivity contribution is 0.874. The zero-order chi connectivity index (χ0) is 10.4. The number of benzene rings is 1. The Morgan fingerprint density at radius 1 is 1.21 bits per heavy atom. The third-order valence-corrected chi connectivity index (χ3v) is 2.04. The van der Waals surface area contributed by atoms with Gasteiger partial charge in [-0.25, -0.2) is 0 Å². The smallest absolute Gasteiger partial charge is 0.0923 e. The van der Waals surface area contributed by atoms with Crippen LogP contribution in [-0.4, -0.2) is 10.2 Å². The number of fused-ring (bicyclic) bond motifs is 1. The van der Waals surface area contributed by atoms with Crippen LogP contribution in [0.3, 0.4) is 0 Å². The summed E-state index contributed by atoms with van der Waals surface area (Å²) in [6.45, 7) is 6.18. The molecule has 0 aliphatic rings. The molecule has 2 rings (SSSR count). The van der Waals surface area contributed by atoms with Gasteiger partial charge in [-0.3, -0.25) is 5.10 Å². The maximum absolute atomic E-state index is 4.21. The van der Waals surface area contributed by atoms with Crippen molar-refractivity contribution in [1.82, 2.24) is 10.2 Å². The van der Waals surface area contributed by atoms with Gasteiger partial charge >= 0.3 is 0 Å². The first-order chi connectivity index (χ1) is 6.92. The number of H-pyrrole nitrogens is 1. The second-order valence-electron chi connectivity index (χ2n) is 2.97. The molecule has 2 nitrogen and oxygen atoms in total. The number of nitrogens with one attached hydrogen (secondary N) is 1. The van der Waals surface area contributed by atoms with Crippen LogP contribution in [-0.2, 0) is 6.42 Å². The van der Waals surface area contributed by atoms with Gasteiger partial charge in [-0.1, -0.05) is 45.4 Å². The Bertz CT molecular complexity index is 376. The van der Waals surface area contributed by atoms with Crippen molar-refractivity contribution in [3.63, 3.8) is 0 Å². The summed E-state index contributed by atoms with van der Waals surface area (Å²) in [6.07, 6.45) is 2.24. The summed E-state index contributed by atoms with van der Waals surface area (Å²) >= 11 is 0. The Hall–Kier alpha value is -1.31. The SMILES string of the molecule is CC.CCCc1[nH]nc2ccccc12. The van der Waals surface area contributed by atoms with Crippen LogP contribution in [0, 0.1) is 0 Å². The number of hydrogen-bond acceptors (Lipinski definition) is 1. The monoisotopic (exact) mass is 190 g/mol. The van der Waals surface area contributed by atoms with E-state index < -0.39 is 0 Å². The van der Waals surface area contributed by atoms with Crippen molar-refractivity contribution in [2.24, 2.45) is 0 Å². The van der Waals surface area contributed by atoms with Crippen LogP contribution < -0.4 is 0 Å². The van der Waals surface area contributed by atoms with E-state index in [9.17, 15) is 0 Å². The largest absolute Gasteiger partial charge is 0.281 e. The molecule has 1 heterocycles. The Morgan fingerprint density at radius 3 is 2.64 bits per heavy atom. The Labute approximate surface area is 85.3 Å². The topological polar surface area (TPSA) is 28.7 Å². The Kier molecular flexibility index (Phi) is 4.17. The normalized spacial score (nSPS) is 9.64. The molecule has 76 valence electrons. The highest BCUT2D eigenvalue weighted by atomic mass is 15.1. The van der Waals surface area contributed by atoms with Crippen molar-refractivity contribution < 1.29 is 0 Å². The Morgan fingerprint density at radius 2 is 1.93 bits per heavy atom. The molecule has 0 radical (unpaired) electrons. The summed E-state index contributed by atoms with van der Waals surface area (Å²) in [5, 5.41) is 8.54. The second-order valence-corrected chi connectivity index (χ2v) is 2.97. The van der Waals surface area contributed by atoms with E-state index in [0.29, 0.717) is 0 Å². The molecule has 0 amide bonds. The number of hydrogen-bond donors (Lipinski definition) is 1. The summed E-state index contributed by atoms with van der Waals surface area (Å²) in [4.78, 5) is 0. The summed E-state index contributed by atoms with van der Waals surface area (Å²) in [7, 11) is 0. The molecule has 0 saturated carbocycles. The molecule has 1 aromatic heterocycles. The number of nitrogens with zero attached hydrogens (tertiary/aromatic N) is 1. The van der Waals surface area contributed by atoms with E-state index in [2.05, 4.69) is 29.3 Å². The molecule has 0 aliphatic heterocycles. The van der Waals surface area contributed by atoms with E-state index in [1.165, 1.54) is 11.1 Å². The van der Waals surface area contributed by atoms with E-state index in [1.807, 2.05) is 26.0 Å². The van der Waals surface area contributed by atoms with Crippen LogP contribution in [0.5, 0.6) is 0 Å². The first-order valence-corrected chi connectivity index (χ1v) is 5.34. The highest BCUT2D eigenvalue weighted by Gasteiger charge is 2.01. The first kappa shape index (κ1) is 10.8. The zero-order valence-electron chi connectivity index (χ0n) is 9.17. The molecule has 14 heavy (non-hydrogen) atoms. The van der Waals surface area contributed by atoms with Gasteiger partial charge in [-0.2, -0.15) is 5.10 Å². The second kappa shape index (κ2) is 5.43. The number of aryl methyl sites for hydroxylation is 1. The van der Waals surface area contributed by atoms with Crippen molar-refractivity contribution in [2.45, 2.75) is 33.6 Å². The van der Waals surface area contributed by atoms with Crippen LogP contribution >= 0.6 is 0 Å². The molecule has 0 atom stereocenters. The van der Waals surface area contributed by atoms with Crippen molar-refractivity contribution in [3.05, 3.63) is 30.0 Å². The summed E-state index contributed by atoms with van der Waals surface area (Å²) < 4.78 is 0. The molecule has 1 aromatic carbocycles. The third-order valence-electron chi connectivity index (χ3n) is 2.04. The average Bonchev–Trinajstić information content (AvgIpc) is 2.66. The molecule has 0 bridgehead atoms. The first-order valence-electron chi connectivity index (χ1n) is 5.34. The minimum atomic E-state index is 1.07. The number of aromatic nitrogens is 2. The molecule has 1 N–H and O–H groups in total. The van der Waals surface area contributed by atoms with Gasteiger partial charge in [0, 0.05) is 11.1 Å². The average molecular weight is 190 g/mol. The van der Waals surface area contributed by atoms with Crippen molar-refractivity contribution in [1.29, 1.82) is 0 Å². The fraction of sp³-hybridized carbons (Fsp3) is 0.417. The van der Waals surface area contributed by atoms with Gasteiger partial charge in [0.15, 0.2) is 0 Å². The van der Waals surface area contributed by atoms with Crippen LogP contribution in [0.25, 0.3) is 10.9 Å². The van der Waals surface area contributed by atoms with Crippen LogP contribution in [0.15, 0.2) is 24.3 Å². The lowest BCUT2D eigenvalue weighted by Gasteiger charge is -1.92. The van der Waals surface area contributed by atoms with Gasteiger partial charge in [0.05, 0.1) is 5.52 Å². The molecular formula is C12H18N2. The number of aromatic amines is 1. The van der Waals surface area contributed by atoms with Crippen molar-refractivity contribution in [2.75, 3.05) is 0 Å². The lowest BCUT2D eigenvalue weighted by atomic mass is 10.1. The molecule has 0 unspecified atom stereocenters. The molecular weight excluding hydrogens is 172 g/mol. The van der Waals surface area contributed by atoms with Crippen molar-refractivity contribution in [3.8, 4) is 0 Å². The van der Waals surface area contributed by atoms with Gasteiger partial charge < -0.3 is 0 Å². The lowest BCUT2D eigenvalue weighted by Crippen LogP contribution is -1.82. The molecule has 0 fully saturated rings. The number of para-hydroxylation sites is 1. The fourth-order valence-electron chi connectivity index (χ4n) is 1.45. The molecule has 2 aromatic rings. The van der Waals surface area contributed by atoms with Gasteiger partial charge in [-0.15, -0.1) is 0 Å². The van der Waals surface area contributed by atoms with E-state index in [4.69, 9.17) is 0 Å². The van der Waals surface area contributed by atoms with E-state index in [-0.39, 0.29) is 0 Å². The standard InChI is InChI=1S/C10H12N2.C2H6/c1-2-5-9-8-6-3-4-7-10(8)12-11-9;1-2/h3-4,6-7H,2,5H2,1H3,(H,11,12);1-2H3. The van der Waals surface area contributed by atoms with Crippen LogP contribution in [0.4, 0.5) is 0 Å². The Balaban J connectivity index is 0.000000461. The summed E-state index contributed by atoms with van der Waals surface area (Å²) in [5.74, 6) is 0. The van der Waals surface area contributed by atoms with Crippen LogP contribution in [0.2, 0.25) is 0 Å². The minimum Gasteiger partial charge on any atom is -0.281 e. The predicted molar refractivity (Wildman–Crippen MR) is 61.4 cm³/mol. The fourth-order valence-corrected chi connectivity index (χ4v) is 1.45. The molecule has 0 saturated heterocycles.